The fourth-order valence-electron chi connectivity index (χ4n) is 1.69. The third kappa shape index (κ3) is 4.34. The summed E-state index contributed by atoms with van der Waals surface area (Å²) in [5, 5.41) is 5.41. The van der Waals surface area contributed by atoms with E-state index in [1.165, 1.54) is 13.2 Å². The Bertz CT molecular complexity index is 547. The minimum absolute atomic E-state index is 0.0102. The highest BCUT2D eigenvalue weighted by atomic mass is 19.1. The van der Waals surface area contributed by atoms with Gasteiger partial charge in [-0.15, -0.1) is 0 Å². The van der Waals surface area contributed by atoms with E-state index in [1.54, 1.807) is 6.92 Å². The zero-order valence-electron chi connectivity index (χ0n) is 12.5. The number of carbonyl (C=O) groups excluding carboxylic acids is 2. The number of methoxy groups -OCH3 is 1. The van der Waals surface area contributed by atoms with E-state index in [0.717, 1.165) is 6.07 Å². The van der Waals surface area contributed by atoms with E-state index < -0.39 is 17.8 Å². The molecule has 0 aliphatic carbocycles. The topological polar surface area (TPSA) is 93.4 Å². The highest BCUT2D eigenvalue weighted by Gasteiger charge is 2.18. The molecule has 0 bridgehead atoms. The summed E-state index contributed by atoms with van der Waals surface area (Å²) in [4.78, 5) is 23.3. The number of hydrogen-bond acceptors (Lipinski definition) is 5. The molecule has 0 aliphatic heterocycles. The number of nitrogens with two attached hydrogens (primary N) is 1. The Hall–Kier alpha value is -2.31. The minimum Gasteiger partial charge on any atom is -0.465 e. The standard InChI is InChI=1S/C14H20FN3O3/c1-7(2)17-13(19)8(3)18-12-5-9(14(20)21-4)11(16)6-10(12)15/h5-8,18H,16H2,1-4H3,(H,17,19). The van der Waals surface area contributed by atoms with Gasteiger partial charge in [0, 0.05) is 11.7 Å². The molecule has 1 atom stereocenters. The summed E-state index contributed by atoms with van der Waals surface area (Å²) in [6.45, 7) is 5.24. The molecule has 1 amide bonds. The molecule has 1 rings (SSSR count). The zero-order valence-corrected chi connectivity index (χ0v) is 12.5. The number of rotatable bonds is 5. The van der Waals surface area contributed by atoms with Gasteiger partial charge >= 0.3 is 5.97 Å². The van der Waals surface area contributed by atoms with Crippen LogP contribution in [0.15, 0.2) is 12.1 Å². The summed E-state index contributed by atoms with van der Waals surface area (Å²) in [6, 6.07) is 1.55. The highest BCUT2D eigenvalue weighted by Crippen LogP contribution is 2.23. The first-order chi connectivity index (χ1) is 9.76. The van der Waals surface area contributed by atoms with Crippen molar-refractivity contribution >= 4 is 23.3 Å². The number of ether oxygens (including phenoxy) is 1. The molecule has 0 heterocycles. The van der Waals surface area contributed by atoms with E-state index in [2.05, 4.69) is 15.4 Å². The molecule has 0 aromatic heterocycles. The second-order valence-electron chi connectivity index (χ2n) is 4.94. The maximum absolute atomic E-state index is 13.9. The summed E-state index contributed by atoms with van der Waals surface area (Å²) in [5.41, 5.74) is 5.60. The first kappa shape index (κ1) is 16.7. The molecule has 4 N–H and O–H groups in total. The summed E-state index contributed by atoms with van der Waals surface area (Å²) >= 11 is 0. The zero-order chi connectivity index (χ0) is 16.2. The Kier molecular flexibility index (Phi) is 5.52. The van der Waals surface area contributed by atoms with Gasteiger partial charge in [0.05, 0.1) is 18.4 Å². The van der Waals surface area contributed by atoms with Gasteiger partial charge in [0.25, 0.3) is 0 Å². The van der Waals surface area contributed by atoms with Crippen LogP contribution in [0.25, 0.3) is 0 Å². The maximum Gasteiger partial charge on any atom is 0.340 e. The fraction of sp³-hybridized carbons (Fsp3) is 0.429. The Labute approximate surface area is 122 Å². The lowest BCUT2D eigenvalue weighted by Crippen LogP contribution is -2.41. The normalized spacial score (nSPS) is 11.9. The number of halogens is 1. The summed E-state index contributed by atoms with van der Waals surface area (Å²) in [5.74, 6) is -1.60. The number of hydrogen-bond donors (Lipinski definition) is 3. The molecule has 21 heavy (non-hydrogen) atoms. The second-order valence-corrected chi connectivity index (χ2v) is 4.94. The van der Waals surface area contributed by atoms with Gasteiger partial charge in [0.2, 0.25) is 5.91 Å². The van der Waals surface area contributed by atoms with Crippen molar-refractivity contribution in [3.05, 3.63) is 23.5 Å². The lowest BCUT2D eigenvalue weighted by atomic mass is 10.1. The van der Waals surface area contributed by atoms with Crippen molar-refractivity contribution in [2.24, 2.45) is 0 Å². The van der Waals surface area contributed by atoms with Crippen LogP contribution in [-0.4, -0.2) is 31.1 Å². The molecular formula is C14H20FN3O3. The number of nitrogen functional groups attached to an aromatic ring is 1. The van der Waals surface area contributed by atoms with Crippen molar-refractivity contribution in [3.8, 4) is 0 Å². The van der Waals surface area contributed by atoms with Gasteiger partial charge in [-0.05, 0) is 32.9 Å². The van der Waals surface area contributed by atoms with E-state index in [1.807, 2.05) is 13.8 Å². The third-order valence-corrected chi connectivity index (χ3v) is 2.74. The highest BCUT2D eigenvalue weighted by molar-refractivity contribution is 5.96. The Morgan fingerprint density at radius 3 is 2.43 bits per heavy atom. The predicted octanol–water partition coefficient (Wildman–Crippen LogP) is 1.52. The van der Waals surface area contributed by atoms with Crippen molar-refractivity contribution in [1.29, 1.82) is 0 Å². The largest absolute Gasteiger partial charge is 0.465 e. The van der Waals surface area contributed by atoms with Crippen LogP contribution in [0.1, 0.15) is 31.1 Å². The maximum atomic E-state index is 13.9. The summed E-state index contributed by atoms with van der Waals surface area (Å²) in [7, 11) is 1.21. The van der Waals surface area contributed by atoms with Crippen LogP contribution >= 0.6 is 0 Å². The van der Waals surface area contributed by atoms with Crippen molar-refractivity contribution in [1.82, 2.24) is 5.32 Å². The molecule has 0 radical (unpaired) electrons. The van der Waals surface area contributed by atoms with Gasteiger partial charge in [-0.3, -0.25) is 4.79 Å². The van der Waals surface area contributed by atoms with E-state index in [0.29, 0.717) is 0 Å². The second kappa shape index (κ2) is 6.92. The van der Waals surface area contributed by atoms with Crippen LogP contribution in [-0.2, 0) is 9.53 Å². The van der Waals surface area contributed by atoms with Gasteiger partial charge in [0.15, 0.2) is 0 Å². The first-order valence-electron chi connectivity index (χ1n) is 6.50. The SMILES string of the molecule is COC(=O)c1cc(NC(C)C(=O)NC(C)C)c(F)cc1N. The Morgan fingerprint density at radius 1 is 1.29 bits per heavy atom. The lowest BCUT2D eigenvalue weighted by molar-refractivity contribution is -0.122. The first-order valence-corrected chi connectivity index (χ1v) is 6.50. The molecular weight excluding hydrogens is 277 g/mol. The van der Waals surface area contributed by atoms with Crippen LogP contribution < -0.4 is 16.4 Å². The van der Waals surface area contributed by atoms with Crippen molar-refractivity contribution in [2.75, 3.05) is 18.2 Å². The van der Waals surface area contributed by atoms with E-state index >= 15 is 0 Å². The molecule has 7 heteroatoms. The number of carbonyl (C=O) groups is 2. The lowest BCUT2D eigenvalue weighted by Gasteiger charge is -2.18. The van der Waals surface area contributed by atoms with Crippen LogP contribution in [0, 0.1) is 5.82 Å². The molecule has 116 valence electrons. The molecule has 0 saturated heterocycles. The van der Waals surface area contributed by atoms with Crippen molar-refractivity contribution in [2.45, 2.75) is 32.9 Å². The van der Waals surface area contributed by atoms with Gasteiger partial charge in [-0.1, -0.05) is 0 Å². The molecule has 0 aliphatic rings. The Morgan fingerprint density at radius 2 is 1.90 bits per heavy atom. The van der Waals surface area contributed by atoms with Crippen LogP contribution in [0.5, 0.6) is 0 Å². The van der Waals surface area contributed by atoms with Crippen molar-refractivity contribution < 1.29 is 18.7 Å². The van der Waals surface area contributed by atoms with E-state index in [9.17, 15) is 14.0 Å². The van der Waals surface area contributed by atoms with Crippen LogP contribution in [0.2, 0.25) is 0 Å². The van der Waals surface area contributed by atoms with Crippen molar-refractivity contribution in [3.63, 3.8) is 0 Å². The van der Waals surface area contributed by atoms with Crippen LogP contribution in [0.3, 0.4) is 0 Å². The van der Waals surface area contributed by atoms with Gasteiger partial charge in [-0.25, -0.2) is 9.18 Å². The number of benzene rings is 1. The Balaban J connectivity index is 2.98. The van der Waals surface area contributed by atoms with E-state index in [4.69, 9.17) is 5.73 Å². The molecule has 6 nitrogen and oxygen atoms in total. The van der Waals surface area contributed by atoms with Gasteiger partial charge < -0.3 is 21.1 Å². The van der Waals surface area contributed by atoms with Crippen LogP contribution in [0.4, 0.5) is 15.8 Å². The number of esters is 1. The molecule has 0 spiro atoms. The van der Waals surface area contributed by atoms with Gasteiger partial charge in [0.1, 0.15) is 11.9 Å². The molecule has 0 saturated carbocycles. The molecule has 1 unspecified atom stereocenters. The van der Waals surface area contributed by atoms with Gasteiger partial charge in [-0.2, -0.15) is 0 Å². The summed E-state index contributed by atoms with van der Waals surface area (Å²) < 4.78 is 18.4. The molecule has 1 aromatic rings. The minimum atomic E-state index is -0.671. The average Bonchev–Trinajstić information content (AvgIpc) is 2.40. The predicted molar refractivity (Wildman–Crippen MR) is 78.5 cm³/mol. The quantitative estimate of drug-likeness (QED) is 0.566. The number of anilines is 2. The summed E-state index contributed by atoms with van der Waals surface area (Å²) in [6.07, 6.45) is 0. The molecule has 0 fully saturated rings. The molecule has 1 aromatic carbocycles. The number of nitrogens with one attached hydrogen (secondary N) is 2. The smallest absolute Gasteiger partial charge is 0.340 e. The monoisotopic (exact) mass is 297 g/mol. The number of amides is 1. The third-order valence-electron chi connectivity index (χ3n) is 2.74. The fourth-order valence-corrected chi connectivity index (χ4v) is 1.69. The average molecular weight is 297 g/mol. The van der Waals surface area contributed by atoms with E-state index in [-0.39, 0.29) is 28.9 Å².